The molecule has 0 saturated heterocycles. The minimum absolute atomic E-state index is 0.204. The second-order valence-corrected chi connectivity index (χ2v) is 5.72. The van der Waals surface area contributed by atoms with Gasteiger partial charge >= 0.3 is 5.63 Å². The van der Waals surface area contributed by atoms with Gasteiger partial charge in [-0.15, -0.1) is 0 Å². The van der Waals surface area contributed by atoms with Crippen LogP contribution in [0.3, 0.4) is 0 Å². The van der Waals surface area contributed by atoms with Gasteiger partial charge in [0.15, 0.2) is 0 Å². The molecule has 0 atom stereocenters. The third-order valence-corrected chi connectivity index (χ3v) is 4.11. The quantitative estimate of drug-likeness (QED) is 0.658. The van der Waals surface area contributed by atoms with Crippen molar-refractivity contribution >= 4 is 22.6 Å². The number of aryl methyl sites for hydroxylation is 1. The summed E-state index contributed by atoms with van der Waals surface area (Å²) in [6.45, 7) is 2.19. The molecule has 0 unspecified atom stereocenters. The van der Waals surface area contributed by atoms with E-state index in [0.717, 1.165) is 17.4 Å². The standard InChI is InChI=1S/C19H14ClNO3/c1-2-13-7-18-16(9-17(13)20)14(8-19(22)24-18)11-23-15-5-3-12(10-21)4-6-15/h3-9H,2,11H2,1H3. The molecule has 0 spiro atoms. The van der Waals surface area contributed by atoms with Gasteiger partial charge in [-0.05, 0) is 48.4 Å². The zero-order chi connectivity index (χ0) is 17.1. The van der Waals surface area contributed by atoms with Crippen LogP contribution in [-0.4, -0.2) is 0 Å². The van der Waals surface area contributed by atoms with Gasteiger partial charge in [0.25, 0.3) is 0 Å². The van der Waals surface area contributed by atoms with E-state index in [1.807, 2.05) is 6.92 Å². The number of benzene rings is 2. The molecule has 0 radical (unpaired) electrons. The number of nitrogens with zero attached hydrogens (tertiary/aromatic N) is 1. The van der Waals surface area contributed by atoms with Crippen LogP contribution in [0.1, 0.15) is 23.6 Å². The SMILES string of the molecule is CCc1cc2oc(=O)cc(COc3ccc(C#N)cc3)c2cc1Cl. The van der Waals surface area contributed by atoms with Crippen LogP contribution in [0.2, 0.25) is 5.02 Å². The van der Waals surface area contributed by atoms with Gasteiger partial charge < -0.3 is 9.15 Å². The first-order valence-electron chi connectivity index (χ1n) is 7.49. The molecule has 0 bridgehead atoms. The van der Waals surface area contributed by atoms with Gasteiger partial charge in [-0.25, -0.2) is 4.79 Å². The smallest absolute Gasteiger partial charge is 0.336 e. The molecule has 0 aliphatic rings. The van der Waals surface area contributed by atoms with Crippen molar-refractivity contribution in [1.29, 1.82) is 5.26 Å². The Morgan fingerprint density at radius 1 is 1.17 bits per heavy atom. The molecule has 1 heterocycles. The zero-order valence-electron chi connectivity index (χ0n) is 13.0. The van der Waals surface area contributed by atoms with Crippen molar-refractivity contribution in [2.24, 2.45) is 0 Å². The van der Waals surface area contributed by atoms with Crippen molar-refractivity contribution in [3.05, 3.63) is 74.6 Å². The Kier molecular flexibility index (Phi) is 4.54. The second kappa shape index (κ2) is 6.77. The first-order chi connectivity index (χ1) is 11.6. The van der Waals surface area contributed by atoms with E-state index >= 15 is 0 Å². The molecule has 3 aromatic rings. The van der Waals surface area contributed by atoms with E-state index in [1.54, 1.807) is 36.4 Å². The minimum atomic E-state index is -0.426. The molecule has 5 heteroatoms. The number of nitriles is 1. The Morgan fingerprint density at radius 2 is 1.92 bits per heavy atom. The molecule has 0 aliphatic heterocycles. The van der Waals surface area contributed by atoms with Crippen LogP contribution in [0.25, 0.3) is 11.0 Å². The minimum Gasteiger partial charge on any atom is -0.489 e. The summed E-state index contributed by atoms with van der Waals surface area (Å²) in [5.41, 5.74) is 2.27. The van der Waals surface area contributed by atoms with Crippen LogP contribution in [0, 0.1) is 11.3 Å². The van der Waals surface area contributed by atoms with Crippen LogP contribution < -0.4 is 10.4 Å². The molecule has 3 rings (SSSR count). The van der Waals surface area contributed by atoms with Crippen LogP contribution in [0.4, 0.5) is 0 Å². The predicted octanol–water partition coefficient (Wildman–Crippen LogP) is 4.46. The molecule has 1 aromatic heterocycles. The largest absolute Gasteiger partial charge is 0.489 e. The Hall–Kier alpha value is -2.77. The van der Waals surface area contributed by atoms with Gasteiger partial charge in [-0.1, -0.05) is 18.5 Å². The first kappa shape index (κ1) is 16.1. The lowest BCUT2D eigenvalue weighted by Crippen LogP contribution is -2.04. The van der Waals surface area contributed by atoms with Crippen molar-refractivity contribution < 1.29 is 9.15 Å². The fourth-order valence-corrected chi connectivity index (χ4v) is 2.76. The van der Waals surface area contributed by atoms with Gasteiger partial charge in [0.1, 0.15) is 17.9 Å². The zero-order valence-corrected chi connectivity index (χ0v) is 13.8. The average molecular weight is 340 g/mol. The number of halogens is 1. The van der Waals surface area contributed by atoms with E-state index in [2.05, 4.69) is 6.07 Å². The maximum atomic E-state index is 11.8. The fraction of sp³-hybridized carbons (Fsp3) is 0.158. The monoisotopic (exact) mass is 339 g/mol. The van der Waals surface area contributed by atoms with Crippen LogP contribution >= 0.6 is 11.6 Å². The maximum Gasteiger partial charge on any atom is 0.336 e. The summed E-state index contributed by atoms with van der Waals surface area (Å²) in [5.74, 6) is 0.617. The van der Waals surface area contributed by atoms with E-state index in [9.17, 15) is 4.79 Å². The average Bonchev–Trinajstić information content (AvgIpc) is 2.60. The molecule has 0 N–H and O–H groups in total. The maximum absolute atomic E-state index is 11.8. The highest BCUT2D eigenvalue weighted by molar-refractivity contribution is 6.32. The topological polar surface area (TPSA) is 63.2 Å². The fourth-order valence-electron chi connectivity index (χ4n) is 2.47. The highest BCUT2D eigenvalue weighted by Crippen LogP contribution is 2.27. The number of fused-ring (bicyclic) bond motifs is 1. The summed E-state index contributed by atoms with van der Waals surface area (Å²) < 4.78 is 11.0. The highest BCUT2D eigenvalue weighted by atomic mass is 35.5. The Balaban J connectivity index is 1.94. The van der Waals surface area contributed by atoms with Crippen molar-refractivity contribution in [2.75, 3.05) is 0 Å². The molecule has 0 amide bonds. The van der Waals surface area contributed by atoms with E-state index in [4.69, 9.17) is 26.0 Å². The molecule has 24 heavy (non-hydrogen) atoms. The van der Waals surface area contributed by atoms with Gasteiger partial charge in [-0.3, -0.25) is 0 Å². The highest BCUT2D eigenvalue weighted by Gasteiger charge is 2.10. The summed E-state index contributed by atoms with van der Waals surface area (Å²) in [5, 5.41) is 10.2. The van der Waals surface area contributed by atoms with E-state index in [1.165, 1.54) is 6.07 Å². The van der Waals surface area contributed by atoms with Gasteiger partial charge in [0.2, 0.25) is 0 Å². The predicted molar refractivity (Wildman–Crippen MR) is 92.4 cm³/mol. The summed E-state index contributed by atoms with van der Waals surface area (Å²) in [6, 6.07) is 13.8. The number of hydrogen-bond donors (Lipinski definition) is 0. The van der Waals surface area contributed by atoms with Crippen LogP contribution in [-0.2, 0) is 13.0 Å². The molecule has 0 fully saturated rings. The van der Waals surface area contributed by atoms with Crippen molar-refractivity contribution in [3.8, 4) is 11.8 Å². The second-order valence-electron chi connectivity index (χ2n) is 5.31. The summed E-state index contributed by atoms with van der Waals surface area (Å²) in [4.78, 5) is 11.8. The summed E-state index contributed by atoms with van der Waals surface area (Å²) in [6.07, 6.45) is 0.754. The Morgan fingerprint density at radius 3 is 2.58 bits per heavy atom. The lowest BCUT2D eigenvalue weighted by atomic mass is 10.1. The number of ether oxygens (including phenoxy) is 1. The van der Waals surface area contributed by atoms with Crippen LogP contribution in [0.15, 0.2) is 51.7 Å². The first-order valence-corrected chi connectivity index (χ1v) is 7.86. The summed E-state index contributed by atoms with van der Waals surface area (Å²) >= 11 is 6.27. The molecule has 2 aromatic carbocycles. The van der Waals surface area contributed by atoms with Crippen molar-refractivity contribution in [2.45, 2.75) is 20.0 Å². The lowest BCUT2D eigenvalue weighted by molar-refractivity contribution is 0.306. The molecular formula is C19H14ClNO3. The van der Waals surface area contributed by atoms with Gasteiger partial charge in [0, 0.05) is 22.0 Å². The van der Waals surface area contributed by atoms with Gasteiger partial charge in [0.05, 0.1) is 11.6 Å². The van der Waals surface area contributed by atoms with Gasteiger partial charge in [-0.2, -0.15) is 5.26 Å². The molecule has 0 saturated carbocycles. The molecule has 4 nitrogen and oxygen atoms in total. The molecular weight excluding hydrogens is 326 g/mol. The molecule has 120 valence electrons. The summed E-state index contributed by atoms with van der Waals surface area (Å²) in [7, 11) is 0. The number of rotatable bonds is 4. The molecule has 0 aliphatic carbocycles. The van der Waals surface area contributed by atoms with E-state index in [0.29, 0.717) is 27.5 Å². The van der Waals surface area contributed by atoms with Crippen molar-refractivity contribution in [1.82, 2.24) is 0 Å². The Bertz CT molecular complexity index is 984. The third kappa shape index (κ3) is 3.27. The number of hydrogen-bond acceptors (Lipinski definition) is 4. The van der Waals surface area contributed by atoms with E-state index in [-0.39, 0.29) is 6.61 Å². The lowest BCUT2D eigenvalue weighted by Gasteiger charge is -2.10. The normalized spacial score (nSPS) is 10.5. The third-order valence-electron chi connectivity index (χ3n) is 3.76. The van der Waals surface area contributed by atoms with Crippen molar-refractivity contribution in [3.63, 3.8) is 0 Å². The Labute approximate surface area is 143 Å². The van der Waals surface area contributed by atoms with Crippen LogP contribution in [0.5, 0.6) is 5.75 Å². The van der Waals surface area contributed by atoms with E-state index < -0.39 is 5.63 Å².